The molecule has 0 amide bonds. The van der Waals surface area contributed by atoms with Crippen LogP contribution in [-0.2, 0) is 6.54 Å². The van der Waals surface area contributed by atoms with E-state index in [1.165, 1.54) is 22.3 Å². The molecule has 0 aliphatic carbocycles. The maximum atomic E-state index is 5.90. The molecule has 1 aliphatic rings. The van der Waals surface area contributed by atoms with Gasteiger partial charge in [-0.2, -0.15) is 0 Å². The Balaban J connectivity index is 0.00000162. The number of aryl methyl sites for hydroxylation is 1. The first-order valence-electron chi connectivity index (χ1n) is 5.76. The van der Waals surface area contributed by atoms with Crippen molar-refractivity contribution in [2.75, 3.05) is 12.4 Å². The van der Waals surface area contributed by atoms with Crippen LogP contribution in [0.4, 0.5) is 0 Å². The minimum Gasteiger partial charge on any atom is -0.369 e. The molecule has 1 aromatic rings. The number of rotatable bonds is 3. The predicted octanol–water partition coefficient (Wildman–Crippen LogP) is 3.70. The van der Waals surface area contributed by atoms with E-state index in [-0.39, 0.29) is 12.4 Å². The van der Waals surface area contributed by atoms with Gasteiger partial charge >= 0.3 is 0 Å². The minimum absolute atomic E-state index is 0. The highest BCUT2D eigenvalue weighted by Crippen LogP contribution is 2.17. The number of nitrogens with zero attached hydrogens (tertiary/aromatic N) is 2. The lowest BCUT2D eigenvalue weighted by Crippen LogP contribution is -2.23. The molecule has 0 N–H and O–H groups in total. The highest BCUT2D eigenvalue weighted by Gasteiger charge is 2.10. The van der Waals surface area contributed by atoms with Crippen LogP contribution in [0.25, 0.3) is 0 Å². The summed E-state index contributed by atoms with van der Waals surface area (Å²) in [6.45, 7) is 5.97. The van der Waals surface area contributed by atoms with Gasteiger partial charge in [-0.05, 0) is 36.1 Å². The molecule has 2 nitrogen and oxygen atoms in total. The smallest absolute Gasteiger partial charge is 0.0453 e. The maximum Gasteiger partial charge on any atom is 0.0453 e. The van der Waals surface area contributed by atoms with Crippen LogP contribution in [0.3, 0.4) is 0 Å². The minimum atomic E-state index is 0. The molecule has 0 unspecified atom stereocenters. The molecule has 1 aliphatic heterocycles. The number of pyridine rings is 1. The fourth-order valence-corrected chi connectivity index (χ4v) is 2.28. The quantitative estimate of drug-likeness (QED) is 0.787. The van der Waals surface area contributed by atoms with Crippen molar-refractivity contribution in [2.45, 2.75) is 20.4 Å². The van der Waals surface area contributed by atoms with Crippen LogP contribution in [0.5, 0.6) is 0 Å². The van der Waals surface area contributed by atoms with E-state index in [1.54, 1.807) is 0 Å². The molecule has 0 aromatic carbocycles. The average molecular weight is 285 g/mol. The SMILES string of the molecule is CC1=CN(Cc2cncc(C)c2)CC(CCl)=C1.Cl. The Kier molecular flexibility index (Phi) is 5.70. The molecular weight excluding hydrogens is 267 g/mol. The zero-order chi connectivity index (χ0) is 12.3. The van der Waals surface area contributed by atoms with E-state index >= 15 is 0 Å². The van der Waals surface area contributed by atoms with Gasteiger partial charge in [-0.3, -0.25) is 4.98 Å². The third-order valence-electron chi connectivity index (χ3n) is 2.71. The Bertz CT molecular complexity index is 467. The summed E-state index contributed by atoms with van der Waals surface area (Å²) >= 11 is 5.90. The molecule has 0 bridgehead atoms. The summed E-state index contributed by atoms with van der Waals surface area (Å²) in [7, 11) is 0. The van der Waals surface area contributed by atoms with Crippen molar-refractivity contribution in [1.29, 1.82) is 0 Å². The van der Waals surface area contributed by atoms with Crippen LogP contribution in [0.1, 0.15) is 18.1 Å². The molecule has 0 saturated carbocycles. The lowest BCUT2D eigenvalue weighted by Gasteiger charge is -2.25. The Hall–Kier alpha value is -0.990. The molecule has 4 heteroatoms. The number of hydrogen-bond acceptors (Lipinski definition) is 2. The van der Waals surface area contributed by atoms with Gasteiger partial charge in [0.15, 0.2) is 0 Å². The van der Waals surface area contributed by atoms with E-state index in [2.05, 4.69) is 42.1 Å². The number of halogens is 2. The summed E-state index contributed by atoms with van der Waals surface area (Å²) in [6, 6.07) is 2.18. The van der Waals surface area contributed by atoms with Crippen molar-refractivity contribution in [1.82, 2.24) is 9.88 Å². The average Bonchev–Trinajstić information content (AvgIpc) is 2.28. The van der Waals surface area contributed by atoms with Crippen LogP contribution in [0, 0.1) is 6.92 Å². The zero-order valence-corrected chi connectivity index (χ0v) is 12.3. The highest BCUT2D eigenvalue weighted by atomic mass is 35.5. The second kappa shape index (κ2) is 6.81. The highest BCUT2D eigenvalue weighted by molar-refractivity contribution is 6.19. The largest absolute Gasteiger partial charge is 0.369 e. The molecule has 1 aromatic heterocycles. The summed E-state index contributed by atoms with van der Waals surface area (Å²) in [5.41, 5.74) is 4.97. The van der Waals surface area contributed by atoms with Crippen molar-refractivity contribution >= 4 is 24.0 Å². The molecule has 0 radical (unpaired) electrons. The van der Waals surface area contributed by atoms with Crippen LogP contribution >= 0.6 is 24.0 Å². The third-order valence-corrected chi connectivity index (χ3v) is 3.06. The Morgan fingerprint density at radius 2 is 2.11 bits per heavy atom. The first kappa shape index (κ1) is 15.1. The van der Waals surface area contributed by atoms with E-state index in [0.29, 0.717) is 5.88 Å². The maximum absolute atomic E-state index is 5.90. The molecule has 18 heavy (non-hydrogen) atoms. The van der Waals surface area contributed by atoms with Crippen LogP contribution < -0.4 is 0 Å². The molecule has 0 saturated heterocycles. The number of hydrogen-bond donors (Lipinski definition) is 0. The fourth-order valence-electron chi connectivity index (χ4n) is 2.12. The van der Waals surface area contributed by atoms with Gasteiger partial charge in [0.25, 0.3) is 0 Å². The van der Waals surface area contributed by atoms with Crippen molar-refractivity contribution in [2.24, 2.45) is 0 Å². The topological polar surface area (TPSA) is 16.1 Å². The van der Waals surface area contributed by atoms with E-state index < -0.39 is 0 Å². The Morgan fingerprint density at radius 1 is 1.33 bits per heavy atom. The monoisotopic (exact) mass is 284 g/mol. The molecular formula is C14H18Cl2N2. The first-order valence-corrected chi connectivity index (χ1v) is 6.29. The van der Waals surface area contributed by atoms with Crippen LogP contribution in [0.2, 0.25) is 0 Å². The summed E-state index contributed by atoms with van der Waals surface area (Å²) in [5, 5.41) is 0. The number of allylic oxidation sites excluding steroid dienone is 2. The van der Waals surface area contributed by atoms with E-state index in [9.17, 15) is 0 Å². The van der Waals surface area contributed by atoms with Crippen molar-refractivity contribution < 1.29 is 0 Å². The zero-order valence-electron chi connectivity index (χ0n) is 10.7. The first-order chi connectivity index (χ1) is 8.17. The lowest BCUT2D eigenvalue weighted by molar-refractivity contribution is 0.392. The van der Waals surface area contributed by atoms with E-state index in [0.717, 1.165) is 13.1 Å². The van der Waals surface area contributed by atoms with Gasteiger partial charge in [-0.1, -0.05) is 12.1 Å². The van der Waals surface area contributed by atoms with Gasteiger partial charge in [-0.15, -0.1) is 24.0 Å². The van der Waals surface area contributed by atoms with Gasteiger partial charge in [-0.25, -0.2) is 0 Å². The van der Waals surface area contributed by atoms with E-state index in [1.807, 2.05) is 12.4 Å². The standard InChI is InChI=1S/C14H17ClN2.ClH/c1-11-3-14(7-16-6-11)10-17-8-12(2)4-13(5-15)9-17;/h3-4,6-8H,5,9-10H2,1-2H3;1H. The molecule has 98 valence electrons. The van der Waals surface area contributed by atoms with Crippen molar-refractivity contribution in [3.05, 3.63) is 53.0 Å². The van der Waals surface area contributed by atoms with Crippen molar-refractivity contribution in [3.8, 4) is 0 Å². The lowest BCUT2D eigenvalue weighted by atomic mass is 10.1. The molecule has 0 fully saturated rings. The van der Waals surface area contributed by atoms with E-state index in [4.69, 9.17) is 11.6 Å². The molecule has 0 atom stereocenters. The summed E-state index contributed by atoms with van der Waals surface area (Å²) in [6.07, 6.45) is 8.15. The van der Waals surface area contributed by atoms with Gasteiger partial charge < -0.3 is 4.90 Å². The van der Waals surface area contributed by atoms with Gasteiger partial charge in [0.2, 0.25) is 0 Å². The Labute approximate surface area is 120 Å². The number of alkyl halides is 1. The molecule has 2 rings (SSSR count). The summed E-state index contributed by atoms with van der Waals surface area (Å²) in [5.74, 6) is 0.605. The van der Waals surface area contributed by atoms with Crippen LogP contribution in [-0.4, -0.2) is 22.3 Å². The van der Waals surface area contributed by atoms with Gasteiger partial charge in [0, 0.05) is 37.6 Å². The predicted molar refractivity (Wildman–Crippen MR) is 79.2 cm³/mol. The van der Waals surface area contributed by atoms with Crippen LogP contribution in [0.15, 0.2) is 41.9 Å². The fraction of sp³-hybridized carbons (Fsp3) is 0.357. The van der Waals surface area contributed by atoms with Gasteiger partial charge in [0.1, 0.15) is 0 Å². The van der Waals surface area contributed by atoms with Gasteiger partial charge in [0.05, 0.1) is 0 Å². The summed E-state index contributed by atoms with van der Waals surface area (Å²) in [4.78, 5) is 6.50. The number of aromatic nitrogens is 1. The second-order valence-corrected chi connectivity index (χ2v) is 4.85. The third kappa shape index (κ3) is 4.04. The molecule has 0 spiro atoms. The second-order valence-electron chi connectivity index (χ2n) is 4.58. The molecule has 2 heterocycles. The normalized spacial score (nSPS) is 14.7. The Morgan fingerprint density at radius 3 is 2.78 bits per heavy atom. The van der Waals surface area contributed by atoms with Crippen molar-refractivity contribution in [3.63, 3.8) is 0 Å². The summed E-state index contributed by atoms with van der Waals surface area (Å²) < 4.78 is 0.